The van der Waals surface area contributed by atoms with Gasteiger partial charge in [0.2, 0.25) is 0 Å². The van der Waals surface area contributed by atoms with Gasteiger partial charge >= 0.3 is 0 Å². The van der Waals surface area contributed by atoms with Gasteiger partial charge in [-0.3, -0.25) is 4.79 Å². The number of carbonyl (C=O) groups is 1. The van der Waals surface area contributed by atoms with E-state index in [0.717, 1.165) is 12.0 Å². The number of nitrogens with zero attached hydrogens (tertiary/aromatic N) is 3. The molecule has 1 heterocycles. The first-order valence-corrected chi connectivity index (χ1v) is 8.22. The third-order valence-electron chi connectivity index (χ3n) is 4.19. The fourth-order valence-electron chi connectivity index (χ4n) is 2.94. The van der Waals surface area contributed by atoms with Gasteiger partial charge in [-0.05, 0) is 24.1 Å². The molecular formula is C19H19FN4O. The molecule has 25 heavy (non-hydrogen) atoms. The number of nitriles is 1. The van der Waals surface area contributed by atoms with Crippen molar-refractivity contribution >= 4 is 11.6 Å². The Kier molecular flexibility index (Phi) is 5.14. The van der Waals surface area contributed by atoms with Crippen LogP contribution in [0.1, 0.15) is 12.0 Å². The van der Waals surface area contributed by atoms with Crippen LogP contribution in [0.25, 0.3) is 0 Å². The zero-order chi connectivity index (χ0) is 17.6. The number of para-hydroxylation sites is 1. The quantitative estimate of drug-likeness (QED) is 0.852. The summed E-state index contributed by atoms with van der Waals surface area (Å²) in [4.78, 5) is 13.0. The number of rotatable bonds is 5. The van der Waals surface area contributed by atoms with Gasteiger partial charge in [-0.2, -0.15) is 5.26 Å². The molecule has 0 bridgehead atoms. The van der Waals surface area contributed by atoms with Crippen LogP contribution in [0.15, 0.2) is 54.6 Å². The average Bonchev–Trinajstić information content (AvgIpc) is 3.12. The molecule has 0 spiro atoms. The highest BCUT2D eigenvalue weighted by Gasteiger charge is 2.32. The Bertz CT molecular complexity index is 774. The summed E-state index contributed by atoms with van der Waals surface area (Å²) in [5.41, 5.74) is 1.24. The molecule has 128 valence electrons. The van der Waals surface area contributed by atoms with Crippen molar-refractivity contribution in [2.75, 3.05) is 18.4 Å². The van der Waals surface area contributed by atoms with Gasteiger partial charge < -0.3 is 5.32 Å². The molecule has 3 rings (SSSR count). The number of halogens is 1. The molecule has 5 nitrogen and oxygen atoms in total. The molecule has 1 unspecified atom stereocenters. The van der Waals surface area contributed by atoms with Crippen LogP contribution in [-0.4, -0.2) is 35.1 Å². The topological polar surface area (TPSA) is 59.4 Å². The zero-order valence-corrected chi connectivity index (χ0v) is 13.7. The molecular weight excluding hydrogens is 319 g/mol. The molecule has 0 radical (unpaired) electrons. The van der Waals surface area contributed by atoms with Gasteiger partial charge in [0.25, 0.3) is 5.91 Å². The Hall–Kier alpha value is -3.07. The molecule has 1 N–H and O–H groups in total. The molecule has 1 saturated heterocycles. The maximum Gasteiger partial charge on any atom is 0.264 e. The second-order valence-electron chi connectivity index (χ2n) is 5.90. The van der Waals surface area contributed by atoms with Gasteiger partial charge in [-0.25, -0.2) is 14.4 Å². The molecule has 2 aromatic carbocycles. The van der Waals surface area contributed by atoms with Crippen molar-refractivity contribution in [2.24, 2.45) is 0 Å². The van der Waals surface area contributed by atoms with E-state index >= 15 is 0 Å². The Balaban J connectivity index is 1.84. The highest BCUT2D eigenvalue weighted by molar-refractivity contribution is 5.85. The highest BCUT2D eigenvalue weighted by Crippen LogP contribution is 2.19. The van der Waals surface area contributed by atoms with E-state index in [1.165, 1.54) is 16.1 Å². The number of anilines is 1. The second kappa shape index (κ2) is 7.67. The van der Waals surface area contributed by atoms with E-state index in [0.29, 0.717) is 19.5 Å². The van der Waals surface area contributed by atoms with Crippen LogP contribution in [0, 0.1) is 17.3 Å². The maximum absolute atomic E-state index is 14.0. The van der Waals surface area contributed by atoms with Crippen molar-refractivity contribution in [1.82, 2.24) is 10.0 Å². The fraction of sp³-hybridized carbons (Fsp3) is 0.263. The minimum Gasteiger partial charge on any atom is -0.371 e. The minimum absolute atomic E-state index is 0.230. The Morgan fingerprint density at radius 3 is 2.60 bits per heavy atom. The normalized spacial score (nSPS) is 14.9. The molecule has 1 amide bonds. The summed E-state index contributed by atoms with van der Waals surface area (Å²) in [6.07, 6.45) is 3.18. The molecule has 1 aliphatic heterocycles. The van der Waals surface area contributed by atoms with Gasteiger partial charge in [0, 0.05) is 13.0 Å². The molecule has 1 fully saturated rings. The van der Waals surface area contributed by atoms with E-state index in [2.05, 4.69) is 5.32 Å². The predicted molar refractivity (Wildman–Crippen MR) is 92.6 cm³/mol. The van der Waals surface area contributed by atoms with Crippen molar-refractivity contribution in [3.05, 3.63) is 66.0 Å². The van der Waals surface area contributed by atoms with E-state index in [1.54, 1.807) is 18.2 Å². The lowest BCUT2D eigenvalue weighted by atomic mass is 10.0. The lowest BCUT2D eigenvalue weighted by molar-refractivity contribution is -0.140. The van der Waals surface area contributed by atoms with Crippen molar-refractivity contribution < 1.29 is 9.18 Å². The standard InChI is InChI=1S/C19H19FN4O/c20-16-9-4-5-10-17(16)22-18(13-15-7-2-1-3-8-15)19(25)24-12-6-11-23(24)14-21/h1-5,7-10,18,22H,6,11-13H2. The van der Waals surface area contributed by atoms with Gasteiger partial charge in [0.15, 0.2) is 6.19 Å². The smallest absolute Gasteiger partial charge is 0.264 e. The fourth-order valence-corrected chi connectivity index (χ4v) is 2.94. The summed E-state index contributed by atoms with van der Waals surface area (Å²) in [5, 5.41) is 15.0. The van der Waals surface area contributed by atoms with Crippen LogP contribution in [-0.2, 0) is 11.2 Å². The van der Waals surface area contributed by atoms with E-state index in [9.17, 15) is 14.4 Å². The Morgan fingerprint density at radius 2 is 1.88 bits per heavy atom. The lowest BCUT2D eigenvalue weighted by Gasteiger charge is -2.28. The number of hydrogen-bond acceptors (Lipinski definition) is 4. The van der Waals surface area contributed by atoms with Crippen LogP contribution >= 0.6 is 0 Å². The van der Waals surface area contributed by atoms with Crippen molar-refractivity contribution in [2.45, 2.75) is 18.9 Å². The van der Waals surface area contributed by atoms with Crippen LogP contribution in [0.2, 0.25) is 0 Å². The van der Waals surface area contributed by atoms with Crippen LogP contribution in [0.3, 0.4) is 0 Å². The SMILES string of the molecule is N#CN1CCCN1C(=O)C(Cc1ccccc1)Nc1ccccc1F. The van der Waals surface area contributed by atoms with Gasteiger partial charge in [0.05, 0.1) is 12.2 Å². The third kappa shape index (κ3) is 3.89. The Labute approximate surface area is 146 Å². The highest BCUT2D eigenvalue weighted by atomic mass is 19.1. The molecule has 0 aliphatic carbocycles. The number of carbonyl (C=O) groups excluding carboxylic acids is 1. The van der Waals surface area contributed by atoms with Crippen molar-refractivity contribution in [1.29, 1.82) is 5.26 Å². The summed E-state index contributed by atoms with van der Waals surface area (Å²) in [7, 11) is 0. The summed E-state index contributed by atoms with van der Waals surface area (Å²) in [6.45, 7) is 1.02. The first-order valence-electron chi connectivity index (χ1n) is 8.22. The van der Waals surface area contributed by atoms with Crippen molar-refractivity contribution in [3.63, 3.8) is 0 Å². The first-order chi connectivity index (χ1) is 12.2. The average molecular weight is 338 g/mol. The van der Waals surface area contributed by atoms with Crippen LogP contribution < -0.4 is 5.32 Å². The largest absolute Gasteiger partial charge is 0.371 e. The number of benzene rings is 2. The molecule has 0 aromatic heterocycles. The van der Waals surface area contributed by atoms with Crippen molar-refractivity contribution in [3.8, 4) is 6.19 Å². The van der Waals surface area contributed by atoms with Crippen LogP contribution in [0.5, 0.6) is 0 Å². The lowest BCUT2D eigenvalue weighted by Crippen LogP contribution is -2.47. The summed E-state index contributed by atoms with van der Waals surface area (Å²) >= 11 is 0. The molecule has 1 aliphatic rings. The predicted octanol–water partition coefficient (Wildman–Crippen LogP) is 2.78. The first kappa shape index (κ1) is 16.8. The molecule has 1 atom stereocenters. The summed E-state index contributed by atoms with van der Waals surface area (Å²) < 4.78 is 14.0. The number of nitrogens with one attached hydrogen (secondary N) is 1. The van der Waals surface area contributed by atoms with E-state index in [-0.39, 0.29) is 11.6 Å². The summed E-state index contributed by atoms with van der Waals surface area (Å²) in [5.74, 6) is -0.641. The number of hydrazine groups is 1. The molecule has 0 saturated carbocycles. The third-order valence-corrected chi connectivity index (χ3v) is 4.19. The molecule has 2 aromatic rings. The number of amides is 1. The van der Waals surface area contributed by atoms with Gasteiger partial charge in [0.1, 0.15) is 11.9 Å². The molecule has 6 heteroatoms. The monoisotopic (exact) mass is 338 g/mol. The van der Waals surface area contributed by atoms with Gasteiger partial charge in [-0.15, -0.1) is 0 Å². The van der Waals surface area contributed by atoms with E-state index in [4.69, 9.17) is 0 Å². The van der Waals surface area contributed by atoms with E-state index in [1.807, 2.05) is 36.5 Å². The minimum atomic E-state index is -0.659. The maximum atomic E-state index is 14.0. The summed E-state index contributed by atoms with van der Waals surface area (Å²) in [6, 6.07) is 15.2. The second-order valence-corrected chi connectivity index (χ2v) is 5.90. The number of hydrogen-bond donors (Lipinski definition) is 1. The van der Waals surface area contributed by atoms with E-state index < -0.39 is 11.9 Å². The van der Waals surface area contributed by atoms with Gasteiger partial charge in [-0.1, -0.05) is 42.5 Å². The van der Waals surface area contributed by atoms with Crippen LogP contribution in [0.4, 0.5) is 10.1 Å². The Morgan fingerprint density at radius 1 is 1.16 bits per heavy atom. The zero-order valence-electron chi connectivity index (χ0n) is 13.7.